The maximum absolute atomic E-state index is 12.3. The van der Waals surface area contributed by atoms with Crippen LogP contribution in [0.1, 0.15) is 42.2 Å². The van der Waals surface area contributed by atoms with Gasteiger partial charge in [0.1, 0.15) is 0 Å². The third-order valence-corrected chi connectivity index (χ3v) is 3.33. The van der Waals surface area contributed by atoms with E-state index in [1.54, 1.807) is 6.92 Å². The van der Waals surface area contributed by atoms with Crippen LogP contribution in [0.15, 0.2) is 4.52 Å². The Bertz CT molecular complexity index is 405. The molecule has 0 aromatic carbocycles. The van der Waals surface area contributed by atoms with E-state index in [1.165, 1.54) is 6.42 Å². The molecule has 100 valence electrons. The number of aryl methyl sites for hydroxylation is 1. The van der Waals surface area contributed by atoms with Crippen molar-refractivity contribution in [2.24, 2.45) is 0 Å². The molecule has 2 heterocycles. The number of piperidine rings is 1. The lowest BCUT2D eigenvalue weighted by Crippen LogP contribution is -2.45. The predicted molar refractivity (Wildman–Crippen MR) is 66.3 cm³/mol. The zero-order valence-electron chi connectivity index (χ0n) is 11.0. The molecule has 1 aliphatic heterocycles. The standard InChI is InChI=1S/C12H20N4O2/c1-9-14-11(15-18-9)12(17)16-8-4-3-5-10(16)6-7-13-2/h10,13H,3-8H2,1-2H3. The van der Waals surface area contributed by atoms with Crippen molar-refractivity contribution in [3.8, 4) is 0 Å². The summed E-state index contributed by atoms with van der Waals surface area (Å²) in [4.78, 5) is 18.2. The largest absolute Gasteiger partial charge is 0.339 e. The third-order valence-electron chi connectivity index (χ3n) is 3.33. The lowest BCUT2D eigenvalue weighted by Gasteiger charge is -2.35. The predicted octanol–water partition coefficient (Wildman–Crippen LogP) is 0.982. The molecule has 0 saturated carbocycles. The van der Waals surface area contributed by atoms with Crippen LogP contribution < -0.4 is 5.32 Å². The van der Waals surface area contributed by atoms with Crippen LogP contribution in [-0.4, -0.2) is 47.1 Å². The van der Waals surface area contributed by atoms with Gasteiger partial charge >= 0.3 is 0 Å². The van der Waals surface area contributed by atoms with Crippen molar-refractivity contribution in [2.75, 3.05) is 20.1 Å². The zero-order valence-corrected chi connectivity index (χ0v) is 11.0. The van der Waals surface area contributed by atoms with Gasteiger partial charge < -0.3 is 14.7 Å². The van der Waals surface area contributed by atoms with Gasteiger partial charge in [0.15, 0.2) is 0 Å². The number of nitrogens with one attached hydrogen (secondary N) is 1. The molecule has 6 heteroatoms. The van der Waals surface area contributed by atoms with Gasteiger partial charge in [-0.2, -0.15) is 4.98 Å². The third kappa shape index (κ3) is 2.87. The minimum atomic E-state index is -0.104. The quantitative estimate of drug-likeness (QED) is 0.865. The summed E-state index contributed by atoms with van der Waals surface area (Å²) in [6.07, 6.45) is 4.27. The molecule has 1 amide bonds. The average Bonchev–Trinajstić information content (AvgIpc) is 2.82. The van der Waals surface area contributed by atoms with Crippen molar-refractivity contribution >= 4 is 5.91 Å². The number of aromatic nitrogens is 2. The molecule has 6 nitrogen and oxygen atoms in total. The molecule has 18 heavy (non-hydrogen) atoms. The highest BCUT2D eigenvalue weighted by Crippen LogP contribution is 2.21. The van der Waals surface area contributed by atoms with E-state index in [4.69, 9.17) is 4.52 Å². The minimum Gasteiger partial charge on any atom is -0.339 e. The molecule has 1 unspecified atom stereocenters. The molecule has 1 aromatic heterocycles. The van der Waals surface area contributed by atoms with Crippen molar-refractivity contribution in [1.82, 2.24) is 20.4 Å². The van der Waals surface area contributed by atoms with Gasteiger partial charge in [-0.05, 0) is 39.3 Å². The number of carbonyl (C=O) groups excluding carboxylic acids is 1. The van der Waals surface area contributed by atoms with Gasteiger partial charge in [0.2, 0.25) is 5.89 Å². The Morgan fingerprint density at radius 2 is 2.39 bits per heavy atom. The van der Waals surface area contributed by atoms with Crippen LogP contribution in [-0.2, 0) is 0 Å². The number of likely N-dealkylation sites (tertiary alicyclic amines) is 1. The van der Waals surface area contributed by atoms with Crippen molar-refractivity contribution in [3.63, 3.8) is 0 Å². The smallest absolute Gasteiger partial charge is 0.295 e. The number of rotatable bonds is 4. The Balaban J connectivity index is 2.06. The number of nitrogens with zero attached hydrogens (tertiary/aromatic N) is 3. The monoisotopic (exact) mass is 252 g/mol. The van der Waals surface area contributed by atoms with Crippen LogP contribution in [0.5, 0.6) is 0 Å². The lowest BCUT2D eigenvalue weighted by atomic mass is 9.99. The molecule has 0 bridgehead atoms. The highest BCUT2D eigenvalue weighted by molar-refractivity contribution is 5.90. The molecule has 1 saturated heterocycles. The molecule has 1 aliphatic rings. The van der Waals surface area contributed by atoms with E-state index in [1.807, 2.05) is 11.9 Å². The van der Waals surface area contributed by atoms with Crippen LogP contribution in [0.3, 0.4) is 0 Å². The highest BCUT2D eigenvalue weighted by atomic mass is 16.5. The molecule has 0 radical (unpaired) electrons. The van der Waals surface area contributed by atoms with Gasteiger partial charge in [-0.3, -0.25) is 4.79 Å². The first kappa shape index (κ1) is 13.0. The van der Waals surface area contributed by atoms with Crippen molar-refractivity contribution in [3.05, 3.63) is 11.7 Å². The van der Waals surface area contributed by atoms with E-state index < -0.39 is 0 Å². The molecular formula is C12H20N4O2. The van der Waals surface area contributed by atoms with E-state index in [-0.39, 0.29) is 17.8 Å². The van der Waals surface area contributed by atoms with E-state index in [0.29, 0.717) is 5.89 Å². The van der Waals surface area contributed by atoms with E-state index >= 15 is 0 Å². The van der Waals surface area contributed by atoms with Crippen molar-refractivity contribution in [2.45, 2.75) is 38.6 Å². The van der Waals surface area contributed by atoms with Crippen molar-refractivity contribution < 1.29 is 9.32 Å². The van der Waals surface area contributed by atoms with E-state index in [2.05, 4.69) is 15.5 Å². The molecule has 1 atom stereocenters. The Hall–Kier alpha value is -1.43. The summed E-state index contributed by atoms with van der Waals surface area (Å²) < 4.78 is 4.87. The topological polar surface area (TPSA) is 71.3 Å². The molecule has 2 rings (SSSR count). The highest BCUT2D eigenvalue weighted by Gasteiger charge is 2.29. The fourth-order valence-corrected chi connectivity index (χ4v) is 2.39. The molecule has 1 N–H and O–H groups in total. The SMILES string of the molecule is CNCCC1CCCCN1C(=O)c1noc(C)n1. The van der Waals surface area contributed by atoms with Gasteiger partial charge in [0.05, 0.1) is 0 Å². The Labute approximate surface area is 107 Å². The van der Waals surface area contributed by atoms with Gasteiger partial charge in [0, 0.05) is 19.5 Å². The second-order valence-corrected chi connectivity index (χ2v) is 4.68. The molecule has 1 fully saturated rings. The average molecular weight is 252 g/mol. The Morgan fingerprint density at radius 1 is 1.56 bits per heavy atom. The van der Waals surface area contributed by atoms with Crippen LogP contribution in [0.2, 0.25) is 0 Å². The number of hydrogen-bond donors (Lipinski definition) is 1. The summed E-state index contributed by atoms with van der Waals surface area (Å²) in [5.41, 5.74) is 0. The maximum atomic E-state index is 12.3. The number of amides is 1. The van der Waals surface area contributed by atoms with Crippen molar-refractivity contribution in [1.29, 1.82) is 0 Å². The normalized spacial score (nSPS) is 20.1. The fraction of sp³-hybridized carbons (Fsp3) is 0.750. The summed E-state index contributed by atoms with van der Waals surface area (Å²) in [5.74, 6) is 0.513. The maximum Gasteiger partial charge on any atom is 0.295 e. The summed E-state index contributed by atoms with van der Waals surface area (Å²) in [5, 5.41) is 6.84. The Morgan fingerprint density at radius 3 is 3.06 bits per heavy atom. The summed E-state index contributed by atoms with van der Waals surface area (Å²) in [6, 6.07) is 0.289. The first-order valence-electron chi connectivity index (χ1n) is 6.48. The summed E-state index contributed by atoms with van der Waals surface area (Å²) in [7, 11) is 1.93. The molecule has 0 aliphatic carbocycles. The second-order valence-electron chi connectivity index (χ2n) is 4.68. The minimum absolute atomic E-state index is 0.104. The molecule has 1 aromatic rings. The van der Waals surface area contributed by atoms with E-state index in [9.17, 15) is 4.79 Å². The van der Waals surface area contributed by atoms with Gasteiger partial charge in [-0.25, -0.2) is 0 Å². The lowest BCUT2D eigenvalue weighted by molar-refractivity contribution is 0.0586. The summed E-state index contributed by atoms with van der Waals surface area (Å²) >= 11 is 0. The van der Waals surface area contributed by atoms with Gasteiger partial charge in [-0.15, -0.1) is 0 Å². The van der Waals surface area contributed by atoms with Gasteiger partial charge in [-0.1, -0.05) is 5.16 Å². The fourth-order valence-electron chi connectivity index (χ4n) is 2.39. The Kier molecular flexibility index (Phi) is 4.30. The number of hydrogen-bond acceptors (Lipinski definition) is 5. The molecule has 0 spiro atoms. The van der Waals surface area contributed by atoms with E-state index in [0.717, 1.165) is 32.4 Å². The first-order valence-corrected chi connectivity index (χ1v) is 6.48. The van der Waals surface area contributed by atoms with Crippen LogP contribution in [0.25, 0.3) is 0 Å². The molecular weight excluding hydrogens is 232 g/mol. The van der Waals surface area contributed by atoms with Crippen LogP contribution in [0.4, 0.5) is 0 Å². The second kappa shape index (κ2) is 5.95. The van der Waals surface area contributed by atoms with Gasteiger partial charge in [0.25, 0.3) is 11.7 Å². The summed E-state index contributed by atoms with van der Waals surface area (Å²) in [6.45, 7) is 3.40. The van der Waals surface area contributed by atoms with Crippen LogP contribution >= 0.6 is 0 Å². The number of carbonyl (C=O) groups is 1. The van der Waals surface area contributed by atoms with Crippen LogP contribution in [0, 0.1) is 6.92 Å². The first-order chi connectivity index (χ1) is 8.72. The zero-order chi connectivity index (χ0) is 13.0.